The molecule has 0 amide bonds. The molecule has 1 N–H and O–H groups in total. The predicted octanol–water partition coefficient (Wildman–Crippen LogP) is 2.29. The van der Waals surface area contributed by atoms with Gasteiger partial charge in [-0.15, -0.1) is 0 Å². The number of nitrogens with zero attached hydrogens (tertiary/aromatic N) is 2. The molecule has 2 heterocycles. The highest BCUT2D eigenvalue weighted by Crippen LogP contribution is 2.19. The highest BCUT2D eigenvalue weighted by molar-refractivity contribution is 6.30. The molecule has 5 nitrogen and oxygen atoms in total. The molecule has 0 spiro atoms. The first kappa shape index (κ1) is 13.6. The molecule has 0 aliphatic rings. The van der Waals surface area contributed by atoms with Crippen molar-refractivity contribution in [1.29, 1.82) is 0 Å². The minimum Gasteiger partial charge on any atom is -0.297 e. The minimum absolute atomic E-state index is 0.102. The lowest BCUT2D eigenvalue weighted by Gasteiger charge is -2.10. The molecule has 0 fully saturated rings. The van der Waals surface area contributed by atoms with Gasteiger partial charge in [-0.2, -0.15) is 0 Å². The molecule has 3 rings (SSSR count). The summed E-state index contributed by atoms with van der Waals surface area (Å²) >= 11 is 5.93. The number of hydrogen-bond acceptors (Lipinski definition) is 3. The van der Waals surface area contributed by atoms with Gasteiger partial charge in [0.05, 0.1) is 11.3 Å². The zero-order valence-electron chi connectivity index (χ0n) is 11.3. The summed E-state index contributed by atoms with van der Waals surface area (Å²) in [4.78, 5) is 31.3. The lowest BCUT2D eigenvalue weighted by atomic mass is 10.1. The zero-order chi connectivity index (χ0) is 15.0. The molecule has 0 atom stereocenters. The molecule has 0 saturated heterocycles. The third-order valence-electron chi connectivity index (χ3n) is 3.40. The molecular weight excluding hydrogens is 290 g/mol. The van der Waals surface area contributed by atoms with E-state index in [2.05, 4.69) is 9.97 Å². The Morgan fingerprint density at radius 2 is 2.10 bits per heavy atom. The van der Waals surface area contributed by atoms with Crippen LogP contribution in [-0.2, 0) is 6.42 Å². The van der Waals surface area contributed by atoms with Crippen LogP contribution in [0.25, 0.3) is 16.5 Å². The number of fused-ring (bicyclic) bond motifs is 1. The maximum atomic E-state index is 12.5. The molecular formula is C15H12ClN3O2. The topological polar surface area (TPSA) is 67.8 Å². The average Bonchev–Trinajstić information content (AvgIpc) is 2.47. The number of nitrogens with one attached hydrogen (secondary N) is 1. The van der Waals surface area contributed by atoms with Crippen LogP contribution in [0.4, 0.5) is 0 Å². The van der Waals surface area contributed by atoms with Crippen LogP contribution in [0.15, 0.2) is 46.2 Å². The van der Waals surface area contributed by atoms with Crippen LogP contribution >= 0.6 is 11.6 Å². The molecule has 2 aromatic heterocycles. The smallest absolute Gasteiger partial charge is 0.297 e. The molecule has 21 heavy (non-hydrogen) atoms. The van der Waals surface area contributed by atoms with E-state index in [1.165, 1.54) is 0 Å². The number of hydrogen-bond donors (Lipinski definition) is 1. The lowest BCUT2D eigenvalue weighted by molar-refractivity contribution is 0.846. The van der Waals surface area contributed by atoms with Gasteiger partial charge in [0.1, 0.15) is 5.15 Å². The van der Waals surface area contributed by atoms with E-state index in [0.717, 1.165) is 15.3 Å². The van der Waals surface area contributed by atoms with E-state index >= 15 is 0 Å². The monoisotopic (exact) mass is 301 g/mol. The summed E-state index contributed by atoms with van der Waals surface area (Å²) in [6.45, 7) is 1.82. The molecule has 0 aliphatic heterocycles. The summed E-state index contributed by atoms with van der Waals surface area (Å²) in [5.41, 5.74) is -0.0306. The van der Waals surface area contributed by atoms with Gasteiger partial charge in [0, 0.05) is 23.2 Å². The van der Waals surface area contributed by atoms with Crippen molar-refractivity contribution < 1.29 is 0 Å². The standard InChI is InChI=1S/C15H12ClN3O2/c1-2-10-13(16)18-15(21)19(14(10)20)12-5-3-4-9-8-17-7-6-11(9)12/h3-8H,2H2,1H3,(H,18,21). The fourth-order valence-corrected chi connectivity index (χ4v) is 2.67. The van der Waals surface area contributed by atoms with E-state index in [-0.39, 0.29) is 5.15 Å². The molecule has 0 radical (unpaired) electrons. The number of H-pyrrole nitrogens is 1. The summed E-state index contributed by atoms with van der Waals surface area (Å²) in [5, 5.41) is 1.74. The Hall–Kier alpha value is -2.40. The van der Waals surface area contributed by atoms with Crippen molar-refractivity contribution >= 4 is 22.4 Å². The number of aromatic amines is 1. The van der Waals surface area contributed by atoms with E-state index in [1.807, 2.05) is 13.0 Å². The van der Waals surface area contributed by atoms with Crippen LogP contribution in [0.1, 0.15) is 12.5 Å². The second-order valence-electron chi connectivity index (χ2n) is 4.59. The molecule has 6 heteroatoms. The van der Waals surface area contributed by atoms with E-state index in [4.69, 9.17) is 11.6 Å². The van der Waals surface area contributed by atoms with Crippen LogP contribution in [0.5, 0.6) is 0 Å². The summed E-state index contributed by atoms with van der Waals surface area (Å²) in [6.07, 6.45) is 3.76. The minimum atomic E-state index is -0.550. The Kier molecular flexibility index (Phi) is 3.35. The number of halogens is 1. The largest absolute Gasteiger partial charge is 0.334 e. The Balaban J connectivity index is 2.45. The Bertz CT molecular complexity index is 938. The zero-order valence-corrected chi connectivity index (χ0v) is 12.0. The van der Waals surface area contributed by atoms with Crippen LogP contribution in [0.3, 0.4) is 0 Å². The van der Waals surface area contributed by atoms with Gasteiger partial charge in [-0.1, -0.05) is 30.7 Å². The summed E-state index contributed by atoms with van der Waals surface area (Å²) in [5.74, 6) is 0. The fraction of sp³-hybridized carbons (Fsp3) is 0.133. The molecule has 106 valence electrons. The van der Waals surface area contributed by atoms with Crippen molar-refractivity contribution in [3.8, 4) is 5.69 Å². The third-order valence-corrected chi connectivity index (χ3v) is 3.72. The van der Waals surface area contributed by atoms with Crippen molar-refractivity contribution in [2.75, 3.05) is 0 Å². The van der Waals surface area contributed by atoms with Gasteiger partial charge in [-0.3, -0.25) is 14.8 Å². The molecule has 0 bridgehead atoms. The maximum absolute atomic E-state index is 12.5. The average molecular weight is 302 g/mol. The lowest BCUT2D eigenvalue weighted by Crippen LogP contribution is -2.36. The molecule has 0 unspecified atom stereocenters. The number of aromatic nitrogens is 3. The van der Waals surface area contributed by atoms with Gasteiger partial charge >= 0.3 is 5.69 Å². The van der Waals surface area contributed by atoms with Crippen LogP contribution in [-0.4, -0.2) is 14.5 Å². The van der Waals surface area contributed by atoms with Gasteiger partial charge in [-0.05, 0) is 18.6 Å². The second-order valence-corrected chi connectivity index (χ2v) is 4.97. The molecule has 3 aromatic rings. The van der Waals surface area contributed by atoms with Gasteiger partial charge in [0.15, 0.2) is 0 Å². The highest BCUT2D eigenvalue weighted by atomic mass is 35.5. The Morgan fingerprint density at radius 3 is 2.86 bits per heavy atom. The molecule has 0 aliphatic carbocycles. The van der Waals surface area contributed by atoms with E-state index < -0.39 is 11.2 Å². The van der Waals surface area contributed by atoms with Gasteiger partial charge in [0.25, 0.3) is 5.56 Å². The quantitative estimate of drug-likeness (QED) is 0.738. The highest BCUT2D eigenvalue weighted by Gasteiger charge is 2.14. The molecule has 0 saturated carbocycles. The summed E-state index contributed by atoms with van der Waals surface area (Å²) in [6, 6.07) is 7.16. The van der Waals surface area contributed by atoms with E-state index in [0.29, 0.717) is 17.7 Å². The van der Waals surface area contributed by atoms with Crippen molar-refractivity contribution in [1.82, 2.24) is 14.5 Å². The Labute approximate surface area is 124 Å². The van der Waals surface area contributed by atoms with E-state index in [1.54, 1.807) is 30.6 Å². The SMILES string of the molecule is CCc1c(Cl)[nH]c(=O)n(-c2cccc3cnccc23)c1=O. The van der Waals surface area contributed by atoms with Gasteiger partial charge in [0.2, 0.25) is 0 Å². The number of pyridine rings is 1. The van der Waals surface area contributed by atoms with Crippen molar-refractivity contribution in [2.45, 2.75) is 13.3 Å². The number of benzene rings is 1. The van der Waals surface area contributed by atoms with Crippen LogP contribution in [0, 0.1) is 0 Å². The normalized spacial score (nSPS) is 11.0. The first-order chi connectivity index (χ1) is 10.1. The van der Waals surface area contributed by atoms with Gasteiger partial charge in [-0.25, -0.2) is 9.36 Å². The maximum Gasteiger partial charge on any atom is 0.334 e. The Morgan fingerprint density at radius 1 is 1.29 bits per heavy atom. The van der Waals surface area contributed by atoms with Gasteiger partial charge < -0.3 is 0 Å². The third kappa shape index (κ3) is 2.15. The van der Waals surface area contributed by atoms with Crippen LogP contribution < -0.4 is 11.2 Å². The van der Waals surface area contributed by atoms with E-state index in [9.17, 15) is 9.59 Å². The predicted molar refractivity (Wildman–Crippen MR) is 82.3 cm³/mol. The van der Waals surface area contributed by atoms with Crippen molar-refractivity contribution in [3.05, 3.63) is 68.2 Å². The molecule has 1 aromatic carbocycles. The van der Waals surface area contributed by atoms with Crippen molar-refractivity contribution in [2.24, 2.45) is 0 Å². The fourth-order valence-electron chi connectivity index (χ4n) is 2.37. The second kappa shape index (κ2) is 5.18. The van der Waals surface area contributed by atoms with Crippen molar-refractivity contribution in [3.63, 3.8) is 0 Å². The summed E-state index contributed by atoms with van der Waals surface area (Å²) < 4.78 is 1.12. The first-order valence-corrected chi connectivity index (χ1v) is 6.88. The first-order valence-electron chi connectivity index (χ1n) is 6.50. The van der Waals surface area contributed by atoms with Crippen LogP contribution in [0.2, 0.25) is 5.15 Å². The number of rotatable bonds is 2. The summed E-state index contributed by atoms with van der Waals surface area (Å²) in [7, 11) is 0.